The molecule has 0 saturated heterocycles. The van der Waals surface area contributed by atoms with E-state index in [4.69, 9.17) is 11.5 Å². The molecule has 0 unspecified atom stereocenters. The molecule has 74 valence electrons. The average Bonchev–Trinajstić information content (AvgIpc) is 2.06. The summed E-state index contributed by atoms with van der Waals surface area (Å²) in [6.45, 7) is 6.08. The normalized spacial score (nSPS) is 12.0. The second-order valence-electron chi connectivity index (χ2n) is 3.68. The fraction of sp³-hybridized carbons (Fsp3) is 1.00. The summed E-state index contributed by atoms with van der Waals surface area (Å²) in [6.07, 6.45) is 6.00. The predicted molar refractivity (Wildman–Crippen MR) is 55.0 cm³/mol. The fourth-order valence-corrected chi connectivity index (χ4v) is 2.05. The molecule has 0 aromatic rings. The van der Waals surface area contributed by atoms with Crippen LogP contribution in [0.15, 0.2) is 0 Å². The first-order chi connectivity index (χ1) is 5.74. The summed E-state index contributed by atoms with van der Waals surface area (Å²) >= 11 is 0. The lowest BCUT2D eigenvalue weighted by atomic mass is 9.75. The molecule has 0 rings (SSSR count). The average molecular weight is 172 g/mol. The van der Waals surface area contributed by atoms with E-state index in [9.17, 15) is 0 Å². The largest absolute Gasteiger partial charge is 0.330 e. The molecule has 0 fully saturated rings. The third-order valence-corrected chi connectivity index (χ3v) is 2.88. The highest BCUT2D eigenvalue weighted by Gasteiger charge is 2.24. The van der Waals surface area contributed by atoms with E-state index in [1.807, 2.05) is 0 Å². The lowest BCUT2D eigenvalue weighted by molar-refractivity contribution is 0.214. The van der Waals surface area contributed by atoms with Crippen LogP contribution in [0.2, 0.25) is 0 Å². The third kappa shape index (κ3) is 3.55. The van der Waals surface area contributed by atoms with Gasteiger partial charge in [-0.05, 0) is 37.8 Å². The summed E-state index contributed by atoms with van der Waals surface area (Å²) < 4.78 is 0. The summed E-state index contributed by atoms with van der Waals surface area (Å²) in [6, 6.07) is 0. The molecule has 4 N–H and O–H groups in total. The van der Waals surface area contributed by atoms with Crippen LogP contribution in [0.25, 0.3) is 0 Å². The van der Waals surface area contributed by atoms with Gasteiger partial charge in [0.25, 0.3) is 0 Å². The Kier molecular flexibility index (Phi) is 6.39. The molecule has 0 spiro atoms. The minimum atomic E-state index is 0.443. The zero-order chi connectivity index (χ0) is 9.45. The van der Waals surface area contributed by atoms with E-state index in [1.165, 1.54) is 19.3 Å². The zero-order valence-electron chi connectivity index (χ0n) is 8.60. The number of hydrogen-bond acceptors (Lipinski definition) is 2. The van der Waals surface area contributed by atoms with Crippen LogP contribution in [0.1, 0.15) is 46.0 Å². The van der Waals surface area contributed by atoms with Gasteiger partial charge in [0, 0.05) is 0 Å². The Labute approximate surface area is 76.7 Å². The topological polar surface area (TPSA) is 52.0 Å². The lowest BCUT2D eigenvalue weighted by Gasteiger charge is -2.31. The molecule has 2 nitrogen and oxygen atoms in total. The van der Waals surface area contributed by atoms with Crippen molar-refractivity contribution in [3.8, 4) is 0 Å². The van der Waals surface area contributed by atoms with Gasteiger partial charge in [-0.1, -0.05) is 26.7 Å². The van der Waals surface area contributed by atoms with E-state index in [0.29, 0.717) is 5.41 Å². The standard InChI is InChI=1S/C10H24N2/c1-3-5-10(4-2,6-8-11)7-9-12/h3-9,11-12H2,1-2H3. The maximum absolute atomic E-state index is 5.61. The van der Waals surface area contributed by atoms with Crippen LogP contribution in [-0.4, -0.2) is 13.1 Å². The first-order valence-electron chi connectivity index (χ1n) is 5.14. The molecule has 0 aliphatic heterocycles. The van der Waals surface area contributed by atoms with Crippen LogP contribution < -0.4 is 11.5 Å². The van der Waals surface area contributed by atoms with Gasteiger partial charge in [0.05, 0.1) is 0 Å². The van der Waals surface area contributed by atoms with Crippen molar-refractivity contribution in [1.29, 1.82) is 0 Å². The highest BCUT2D eigenvalue weighted by Crippen LogP contribution is 2.34. The van der Waals surface area contributed by atoms with Crippen molar-refractivity contribution < 1.29 is 0 Å². The molecule has 0 aromatic heterocycles. The van der Waals surface area contributed by atoms with Gasteiger partial charge < -0.3 is 11.5 Å². The molecule has 0 radical (unpaired) electrons. The van der Waals surface area contributed by atoms with Crippen molar-refractivity contribution >= 4 is 0 Å². The van der Waals surface area contributed by atoms with Crippen molar-refractivity contribution in [1.82, 2.24) is 0 Å². The highest BCUT2D eigenvalue weighted by molar-refractivity contribution is 4.78. The predicted octanol–water partition coefficient (Wildman–Crippen LogP) is 1.88. The number of nitrogens with two attached hydrogens (primary N) is 2. The van der Waals surface area contributed by atoms with Gasteiger partial charge in [0.2, 0.25) is 0 Å². The Balaban J connectivity index is 4.06. The second kappa shape index (κ2) is 6.44. The van der Waals surface area contributed by atoms with Gasteiger partial charge >= 0.3 is 0 Å². The van der Waals surface area contributed by atoms with Gasteiger partial charge in [0.15, 0.2) is 0 Å². The van der Waals surface area contributed by atoms with Crippen LogP contribution in [0.3, 0.4) is 0 Å². The Hall–Kier alpha value is -0.0800. The Bertz CT molecular complexity index is 85.0. The molecule has 0 saturated carbocycles. The molecule has 0 aliphatic carbocycles. The smallest absolute Gasteiger partial charge is 0.00720 e. The Morgan fingerprint density at radius 2 is 1.42 bits per heavy atom. The van der Waals surface area contributed by atoms with Crippen molar-refractivity contribution in [2.45, 2.75) is 46.0 Å². The molecular formula is C10H24N2. The molecule has 0 amide bonds. The summed E-state index contributed by atoms with van der Waals surface area (Å²) in [5, 5.41) is 0. The van der Waals surface area contributed by atoms with Crippen molar-refractivity contribution in [2.75, 3.05) is 13.1 Å². The Morgan fingerprint density at radius 1 is 0.917 bits per heavy atom. The molecule has 0 aliphatic rings. The van der Waals surface area contributed by atoms with E-state index in [1.54, 1.807) is 0 Å². The van der Waals surface area contributed by atoms with Gasteiger partial charge in [-0.3, -0.25) is 0 Å². The van der Waals surface area contributed by atoms with Crippen LogP contribution >= 0.6 is 0 Å². The van der Waals surface area contributed by atoms with Crippen molar-refractivity contribution in [2.24, 2.45) is 16.9 Å². The van der Waals surface area contributed by atoms with Crippen LogP contribution in [0.4, 0.5) is 0 Å². The molecule has 0 bridgehead atoms. The summed E-state index contributed by atoms with van der Waals surface area (Å²) in [5.41, 5.74) is 11.7. The summed E-state index contributed by atoms with van der Waals surface area (Å²) in [5.74, 6) is 0. The minimum absolute atomic E-state index is 0.443. The molecule has 2 heteroatoms. The van der Waals surface area contributed by atoms with E-state index in [2.05, 4.69) is 13.8 Å². The first-order valence-corrected chi connectivity index (χ1v) is 5.14. The molecule has 0 atom stereocenters. The monoisotopic (exact) mass is 172 g/mol. The van der Waals surface area contributed by atoms with Crippen molar-refractivity contribution in [3.63, 3.8) is 0 Å². The first kappa shape index (κ1) is 11.9. The fourth-order valence-electron chi connectivity index (χ4n) is 2.05. The van der Waals surface area contributed by atoms with Crippen LogP contribution in [0, 0.1) is 5.41 Å². The SMILES string of the molecule is CCCC(CC)(CCN)CCN. The van der Waals surface area contributed by atoms with Gasteiger partial charge in [-0.15, -0.1) is 0 Å². The van der Waals surface area contributed by atoms with E-state index in [0.717, 1.165) is 25.9 Å². The van der Waals surface area contributed by atoms with Crippen LogP contribution in [0.5, 0.6) is 0 Å². The molecule has 0 aromatic carbocycles. The molecular weight excluding hydrogens is 148 g/mol. The minimum Gasteiger partial charge on any atom is -0.330 e. The lowest BCUT2D eigenvalue weighted by Crippen LogP contribution is -2.26. The summed E-state index contributed by atoms with van der Waals surface area (Å²) in [7, 11) is 0. The number of hydrogen-bond donors (Lipinski definition) is 2. The highest BCUT2D eigenvalue weighted by atomic mass is 14.6. The maximum Gasteiger partial charge on any atom is -0.00720 e. The molecule has 12 heavy (non-hydrogen) atoms. The Morgan fingerprint density at radius 3 is 1.67 bits per heavy atom. The van der Waals surface area contributed by atoms with Crippen molar-refractivity contribution in [3.05, 3.63) is 0 Å². The van der Waals surface area contributed by atoms with E-state index < -0.39 is 0 Å². The third-order valence-electron chi connectivity index (χ3n) is 2.88. The van der Waals surface area contributed by atoms with Gasteiger partial charge in [-0.2, -0.15) is 0 Å². The van der Waals surface area contributed by atoms with E-state index in [-0.39, 0.29) is 0 Å². The number of rotatable bonds is 7. The van der Waals surface area contributed by atoms with Gasteiger partial charge in [-0.25, -0.2) is 0 Å². The zero-order valence-corrected chi connectivity index (χ0v) is 8.60. The molecule has 0 heterocycles. The van der Waals surface area contributed by atoms with Gasteiger partial charge in [0.1, 0.15) is 0 Å². The van der Waals surface area contributed by atoms with Crippen LogP contribution in [-0.2, 0) is 0 Å². The quantitative estimate of drug-likeness (QED) is 0.616. The maximum atomic E-state index is 5.61. The summed E-state index contributed by atoms with van der Waals surface area (Å²) in [4.78, 5) is 0. The van der Waals surface area contributed by atoms with E-state index >= 15 is 0 Å². The second-order valence-corrected chi connectivity index (χ2v) is 3.68.